The minimum absolute atomic E-state index is 0.201. The van der Waals surface area contributed by atoms with Gasteiger partial charge in [0.2, 0.25) is 0 Å². The minimum atomic E-state index is -1.24. The molecule has 98 valence electrons. The lowest BCUT2D eigenvalue weighted by molar-refractivity contribution is 0.0694. The molecule has 0 radical (unpaired) electrons. The summed E-state index contributed by atoms with van der Waals surface area (Å²) in [6.45, 7) is 0. The molecule has 19 heavy (non-hydrogen) atoms. The number of hydrogen-bond donors (Lipinski definition) is 2. The van der Waals surface area contributed by atoms with Crippen LogP contribution in [-0.2, 0) is 0 Å². The summed E-state index contributed by atoms with van der Waals surface area (Å²) >= 11 is 4.54. The summed E-state index contributed by atoms with van der Waals surface area (Å²) in [7, 11) is 0. The molecule has 0 amide bonds. The van der Waals surface area contributed by atoms with Crippen LogP contribution >= 0.6 is 27.7 Å². The molecule has 0 bridgehead atoms. The van der Waals surface area contributed by atoms with E-state index in [-0.39, 0.29) is 11.3 Å². The van der Waals surface area contributed by atoms with E-state index in [1.54, 1.807) is 0 Å². The van der Waals surface area contributed by atoms with Gasteiger partial charge in [0.15, 0.2) is 0 Å². The van der Waals surface area contributed by atoms with Gasteiger partial charge in [-0.25, -0.2) is 9.18 Å². The van der Waals surface area contributed by atoms with Crippen LogP contribution in [0.5, 0.6) is 0 Å². The molecule has 2 rings (SSSR count). The summed E-state index contributed by atoms with van der Waals surface area (Å²) in [6.07, 6.45) is 0. The summed E-state index contributed by atoms with van der Waals surface area (Å²) in [5.41, 5.74) is 4.95. The predicted octanol–water partition coefficient (Wildman–Crippen LogP) is 4.02. The summed E-state index contributed by atoms with van der Waals surface area (Å²) in [5, 5.41) is 9.13. The topological polar surface area (TPSA) is 63.3 Å². The van der Waals surface area contributed by atoms with Crippen LogP contribution in [0.3, 0.4) is 0 Å². The van der Waals surface area contributed by atoms with E-state index in [1.165, 1.54) is 23.9 Å². The van der Waals surface area contributed by atoms with Crippen molar-refractivity contribution in [2.45, 2.75) is 9.79 Å². The van der Waals surface area contributed by atoms with Gasteiger partial charge in [-0.3, -0.25) is 0 Å². The number of halogens is 2. The molecular formula is C13H9BrFNO2S. The number of carboxylic acids is 1. The molecule has 3 N–H and O–H groups in total. The van der Waals surface area contributed by atoms with E-state index in [9.17, 15) is 9.18 Å². The summed E-state index contributed by atoms with van der Waals surface area (Å²) in [4.78, 5) is 12.4. The highest BCUT2D eigenvalue weighted by Crippen LogP contribution is 2.34. The van der Waals surface area contributed by atoms with Crippen molar-refractivity contribution in [3.05, 3.63) is 52.3 Å². The van der Waals surface area contributed by atoms with E-state index in [4.69, 9.17) is 10.8 Å². The van der Waals surface area contributed by atoms with Crippen LogP contribution in [0.15, 0.2) is 50.7 Å². The Morgan fingerprint density at radius 3 is 2.42 bits per heavy atom. The molecular weight excluding hydrogens is 333 g/mol. The Morgan fingerprint density at radius 1 is 1.21 bits per heavy atom. The third kappa shape index (κ3) is 3.08. The lowest BCUT2D eigenvalue weighted by atomic mass is 10.2. The van der Waals surface area contributed by atoms with Crippen LogP contribution in [0.2, 0.25) is 0 Å². The molecule has 0 heterocycles. The maximum atomic E-state index is 13.3. The number of carboxylic acid groups (broad SMARTS) is 1. The van der Waals surface area contributed by atoms with Crippen molar-refractivity contribution in [2.75, 3.05) is 5.73 Å². The van der Waals surface area contributed by atoms with Gasteiger partial charge in [0.05, 0.1) is 11.3 Å². The average molecular weight is 342 g/mol. The fraction of sp³-hybridized carbons (Fsp3) is 0. The highest BCUT2D eigenvalue weighted by molar-refractivity contribution is 9.10. The first kappa shape index (κ1) is 13.9. The van der Waals surface area contributed by atoms with Crippen LogP contribution < -0.4 is 5.73 Å². The Bertz CT molecular complexity index is 631. The lowest BCUT2D eigenvalue weighted by Crippen LogP contribution is -2.06. The van der Waals surface area contributed by atoms with Crippen molar-refractivity contribution in [3.63, 3.8) is 0 Å². The fourth-order valence-corrected chi connectivity index (χ4v) is 2.74. The van der Waals surface area contributed by atoms with Gasteiger partial charge in [0.1, 0.15) is 5.82 Å². The molecule has 3 nitrogen and oxygen atoms in total. The molecule has 0 aliphatic carbocycles. The molecule has 0 fully saturated rings. The molecule has 0 unspecified atom stereocenters. The van der Waals surface area contributed by atoms with Crippen molar-refractivity contribution in [2.24, 2.45) is 0 Å². The lowest BCUT2D eigenvalue weighted by Gasteiger charge is -2.09. The second-order valence-electron chi connectivity index (χ2n) is 3.70. The SMILES string of the molecule is Nc1c(F)ccc(Sc2ccc(Br)cc2)c1C(=O)O. The van der Waals surface area contributed by atoms with Gasteiger partial charge in [-0.05, 0) is 36.4 Å². The van der Waals surface area contributed by atoms with E-state index in [0.29, 0.717) is 4.90 Å². The largest absolute Gasteiger partial charge is 0.478 e. The third-order valence-corrected chi connectivity index (χ3v) is 4.01. The summed E-state index contributed by atoms with van der Waals surface area (Å²) in [5.74, 6) is -1.96. The quantitative estimate of drug-likeness (QED) is 0.827. The van der Waals surface area contributed by atoms with Crippen LogP contribution in [-0.4, -0.2) is 11.1 Å². The molecule has 0 spiro atoms. The zero-order chi connectivity index (χ0) is 14.0. The predicted molar refractivity (Wildman–Crippen MR) is 76.0 cm³/mol. The van der Waals surface area contributed by atoms with Gasteiger partial charge < -0.3 is 10.8 Å². The van der Waals surface area contributed by atoms with E-state index in [0.717, 1.165) is 9.37 Å². The van der Waals surface area contributed by atoms with Gasteiger partial charge in [0.25, 0.3) is 0 Å². The number of hydrogen-bond acceptors (Lipinski definition) is 3. The molecule has 2 aromatic rings. The first-order valence-corrected chi connectivity index (χ1v) is 6.84. The Kier molecular flexibility index (Phi) is 4.11. The molecule has 2 aromatic carbocycles. The molecule has 0 atom stereocenters. The Balaban J connectivity index is 2.42. The zero-order valence-corrected chi connectivity index (χ0v) is 12.0. The Labute approximate surface area is 121 Å². The molecule has 6 heteroatoms. The molecule has 0 saturated heterocycles. The highest BCUT2D eigenvalue weighted by Gasteiger charge is 2.18. The molecule has 0 aromatic heterocycles. The number of nitrogen functional groups attached to an aromatic ring is 1. The number of nitrogens with two attached hydrogens (primary N) is 1. The number of benzene rings is 2. The normalized spacial score (nSPS) is 10.4. The maximum Gasteiger partial charge on any atom is 0.339 e. The van der Waals surface area contributed by atoms with Gasteiger partial charge in [-0.1, -0.05) is 27.7 Å². The fourth-order valence-electron chi connectivity index (χ4n) is 1.51. The third-order valence-electron chi connectivity index (χ3n) is 2.41. The number of carbonyl (C=O) groups is 1. The standard InChI is InChI=1S/C13H9BrFNO2S/c14-7-1-3-8(4-2-7)19-10-6-5-9(15)12(16)11(10)13(17)18/h1-6H,16H2,(H,17,18). The monoisotopic (exact) mass is 341 g/mol. The first-order valence-electron chi connectivity index (χ1n) is 5.23. The van der Waals surface area contributed by atoms with Gasteiger partial charge in [-0.15, -0.1) is 0 Å². The summed E-state index contributed by atoms with van der Waals surface area (Å²) < 4.78 is 14.2. The van der Waals surface area contributed by atoms with E-state index < -0.39 is 11.8 Å². The first-order chi connectivity index (χ1) is 8.99. The molecule has 0 aliphatic rings. The number of anilines is 1. The second-order valence-corrected chi connectivity index (χ2v) is 5.73. The van der Waals surface area contributed by atoms with Crippen molar-refractivity contribution >= 4 is 39.3 Å². The van der Waals surface area contributed by atoms with Crippen molar-refractivity contribution in [1.82, 2.24) is 0 Å². The average Bonchev–Trinajstić information content (AvgIpc) is 2.36. The maximum absolute atomic E-state index is 13.3. The van der Waals surface area contributed by atoms with Gasteiger partial charge in [-0.2, -0.15) is 0 Å². The van der Waals surface area contributed by atoms with E-state index in [2.05, 4.69) is 15.9 Å². The zero-order valence-electron chi connectivity index (χ0n) is 9.56. The summed E-state index contributed by atoms with van der Waals surface area (Å²) in [6, 6.07) is 9.94. The van der Waals surface area contributed by atoms with Crippen LogP contribution in [0.25, 0.3) is 0 Å². The minimum Gasteiger partial charge on any atom is -0.478 e. The van der Waals surface area contributed by atoms with Crippen LogP contribution in [0.4, 0.5) is 10.1 Å². The van der Waals surface area contributed by atoms with Crippen molar-refractivity contribution < 1.29 is 14.3 Å². The van der Waals surface area contributed by atoms with E-state index >= 15 is 0 Å². The number of rotatable bonds is 3. The Hall–Kier alpha value is -1.53. The van der Waals surface area contributed by atoms with Crippen LogP contribution in [0, 0.1) is 5.82 Å². The second kappa shape index (κ2) is 5.63. The van der Waals surface area contributed by atoms with E-state index in [1.807, 2.05) is 24.3 Å². The molecule has 0 aliphatic heterocycles. The van der Waals surface area contributed by atoms with Gasteiger partial charge in [0, 0.05) is 14.3 Å². The van der Waals surface area contributed by atoms with Crippen molar-refractivity contribution in [3.8, 4) is 0 Å². The smallest absolute Gasteiger partial charge is 0.339 e. The van der Waals surface area contributed by atoms with Crippen LogP contribution in [0.1, 0.15) is 10.4 Å². The Morgan fingerprint density at radius 2 is 1.84 bits per heavy atom. The van der Waals surface area contributed by atoms with Gasteiger partial charge >= 0.3 is 5.97 Å². The highest BCUT2D eigenvalue weighted by atomic mass is 79.9. The number of aromatic carboxylic acids is 1. The molecule has 0 saturated carbocycles. The van der Waals surface area contributed by atoms with Crippen molar-refractivity contribution in [1.29, 1.82) is 0 Å².